The highest BCUT2D eigenvalue weighted by atomic mass is 16.2. The van der Waals surface area contributed by atoms with Crippen LogP contribution >= 0.6 is 0 Å². The van der Waals surface area contributed by atoms with Crippen LogP contribution < -0.4 is 10.6 Å². The molecule has 2 N–H and O–H groups in total. The third-order valence-electron chi connectivity index (χ3n) is 4.66. The first-order chi connectivity index (χ1) is 13.1. The van der Waals surface area contributed by atoms with Crippen molar-refractivity contribution < 1.29 is 9.59 Å². The molecule has 1 saturated carbocycles. The molecule has 0 aliphatic heterocycles. The van der Waals surface area contributed by atoms with Gasteiger partial charge in [-0.25, -0.2) is 0 Å². The highest BCUT2D eigenvalue weighted by Crippen LogP contribution is 2.38. The van der Waals surface area contributed by atoms with Crippen molar-refractivity contribution in [3.05, 3.63) is 66.7 Å². The highest BCUT2D eigenvalue weighted by Gasteiger charge is 2.39. The highest BCUT2D eigenvalue weighted by molar-refractivity contribution is 6.05. The van der Waals surface area contributed by atoms with Crippen LogP contribution in [0.1, 0.15) is 23.7 Å². The minimum absolute atomic E-state index is 0.0155. The van der Waals surface area contributed by atoms with Gasteiger partial charge in [0.2, 0.25) is 5.91 Å². The zero-order valence-corrected chi connectivity index (χ0v) is 14.8. The number of nitrogens with one attached hydrogen (secondary N) is 2. The van der Waals surface area contributed by atoms with E-state index >= 15 is 0 Å². The molecule has 4 rings (SSSR count). The van der Waals surface area contributed by atoms with E-state index in [1.807, 2.05) is 24.3 Å². The molecule has 1 aliphatic carbocycles. The maximum atomic E-state index is 12.6. The summed E-state index contributed by atoms with van der Waals surface area (Å²) in [7, 11) is 0. The minimum atomic E-state index is -0.244. The lowest BCUT2D eigenvalue weighted by Crippen LogP contribution is -2.16. The summed E-state index contributed by atoms with van der Waals surface area (Å²) in [5.74, 6) is 0.297. The van der Waals surface area contributed by atoms with Gasteiger partial charge in [-0.3, -0.25) is 14.2 Å². The molecule has 1 fully saturated rings. The number of hydrogen-bond acceptors (Lipinski definition) is 4. The fraction of sp³-hybridized carbons (Fsp3) is 0.200. The Balaban J connectivity index is 1.46. The zero-order chi connectivity index (χ0) is 18.8. The van der Waals surface area contributed by atoms with Gasteiger partial charge in [-0.1, -0.05) is 19.1 Å². The van der Waals surface area contributed by atoms with Crippen molar-refractivity contribution >= 4 is 23.2 Å². The van der Waals surface area contributed by atoms with Crippen molar-refractivity contribution in [1.29, 1.82) is 0 Å². The summed E-state index contributed by atoms with van der Waals surface area (Å²) in [5.41, 5.74) is 2.61. The van der Waals surface area contributed by atoms with Gasteiger partial charge in [0.25, 0.3) is 5.91 Å². The van der Waals surface area contributed by atoms with Crippen molar-refractivity contribution in [3.8, 4) is 5.69 Å². The summed E-state index contributed by atoms with van der Waals surface area (Å²) in [5, 5.41) is 13.3. The van der Waals surface area contributed by atoms with Gasteiger partial charge in [0, 0.05) is 22.9 Å². The largest absolute Gasteiger partial charge is 0.326 e. The molecule has 3 aromatic rings. The van der Waals surface area contributed by atoms with Gasteiger partial charge in [0.05, 0.1) is 5.69 Å². The Kier molecular flexibility index (Phi) is 4.42. The van der Waals surface area contributed by atoms with Crippen LogP contribution in [-0.2, 0) is 4.79 Å². The summed E-state index contributed by atoms with van der Waals surface area (Å²) in [6.07, 6.45) is 4.11. The number of carbonyl (C=O) groups excluding carboxylic acids is 2. The molecular weight excluding hydrogens is 342 g/mol. The van der Waals surface area contributed by atoms with Gasteiger partial charge >= 0.3 is 0 Å². The maximum absolute atomic E-state index is 12.6. The summed E-state index contributed by atoms with van der Waals surface area (Å²) in [6, 6.07) is 14.3. The van der Waals surface area contributed by atoms with Crippen LogP contribution in [0.3, 0.4) is 0 Å². The number of hydrogen-bond donors (Lipinski definition) is 2. The van der Waals surface area contributed by atoms with Gasteiger partial charge in [-0.05, 0) is 48.7 Å². The zero-order valence-electron chi connectivity index (χ0n) is 14.8. The number of benzene rings is 2. The molecule has 2 aromatic carbocycles. The smallest absolute Gasteiger partial charge is 0.255 e. The number of anilines is 2. The third kappa shape index (κ3) is 3.87. The molecule has 7 heteroatoms. The average Bonchev–Trinajstić information content (AvgIpc) is 3.17. The quantitative estimate of drug-likeness (QED) is 0.731. The third-order valence-corrected chi connectivity index (χ3v) is 4.66. The molecular formula is C20H19N5O2. The fourth-order valence-electron chi connectivity index (χ4n) is 2.94. The predicted molar refractivity (Wildman–Crippen MR) is 102 cm³/mol. The second kappa shape index (κ2) is 7.03. The molecule has 27 heavy (non-hydrogen) atoms. The van der Waals surface area contributed by atoms with Crippen LogP contribution in [0.2, 0.25) is 0 Å². The molecule has 1 heterocycles. The maximum Gasteiger partial charge on any atom is 0.255 e. The summed E-state index contributed by atoms with van der Waals surface area (Å²) < 4.78 is 1.75. The molecule has 0 bridgehead atoms. The Hall–Kier alpha value is -3.48. The molecule has 136 valence electrons. The van der Waals surface area contributed by atoms with Crippen molar-refractivity contribution in [2.75, 3.05) is 10.6 Å². The van der Waals surface area contributed by atoms with Gasteiger partial charge in [-0.2, -0.15) is 0 Å². The first-order valence-corrected chi connectivity index (χ1v) is 8.77. The van der Waals surface area contributed by atoms with E-state index in [1.165, 1.54) is 0 Å². The normalized spacial score (nSPS) is 18.0. The van der Waals surface area contributed by atoms with E-state index in [-0.39, 0.29) is 17.7 Å². The lowest BCUT2D eigenvalue weighted by molar-refractivity contribution is -0.117. The number of carbonyl (C=O) groups is 2. The Morgan fingerprint density at radius 1 is 1.00 bits per heavy atom. The molecule has 2 amide bonds. The molecule has 0 saturated heterocycles. The van der Waals surface area contributed by atoms with E-state index in [0.29, 0.717) is 22.9 Å². The van der Waals surface area contributed by atoms with Crippen LogP contribution in [0.5, 0.6) is 0 Å². The Labute approximate surface area is 156 Å². The van der Waals surface area contributed by atoms with Crippen LogP contribution in [-0.4, -0.2) is 26.6 Å². The van der Waals surface area contributed by atoms with Crippen molar-refractivity contribution in [2.45, 2.75) is 13.3 Å². The van der Waals surface area contributed by atoms with Crippen molar-refractivity contribution in [3.63, 3.8) is 0 Å². The number of amides is 2. The molecule has 0 radical (unpaired) electrons. The molecule has 0 unspecified atom stereocenters. The average molecular weight is 361 g/mol. The molecule has 0 spiro atoms. The lowest BCUT2D eigenvalue weighted by atomic mass is 10.1. The van der Waals surface area contributed by atoms with Crippen molar-refractivity contribution in [2.24, 2.45) is 11.8 Å². The molecule has 1 aromatic heterocycles. The lowest BCUT2D eigenvalue weighted by Gasteiger charge is -2.09. The van der Waals surface area contributed by atoms with Gasteiger partial charge < -0.3 is 10.6 Å². The van der Waals surface area contributed by atoms with Crippen LogP contribution in [0.4, 0.5) is 11.4 Å². The number of nitrogens with zero attached hydrogens (tertiary/aromatic N) is 3. The van der Waals surface area contributed by atoms with Crippen molar-refractivity contribution in [1.82, 2.24) is 14.8 Å². The molecule has 1 aliphatic rings. The predicted octanol–water partition coefficient (Wildman–Crippen LogP) is 3.11. The van der Waals surface area contributed by atoms with E-state index in [4.69, 9.17) is 0 Å². The molecule has 2 atom stereocenters. The topological polar surface area (TPSA) is 88.9 Å². The summed E-state index contributed by atoms with van der Waals surface area (Å²) >= 11 is 0. The first-order valence-electron chi connectivity index (χ1n) is 8.77. The van der Waals surface area contributed by atoms with Gasteiger partial charge in [-0.15, -0.1) is 10.2 Å². The van der Waals surface area contributed by atoms with Crippen LogP contribution in [0.25, 0.3) is 5.69 Å². The number of rotatable bonds is 5. The Morgan fingerprint density at radius 2 is 1.67 bits per heavy atom. The SMILES string of the molecule is C[C@@H]1C[C@@H]1C(=O)Nc1cccc(C(=O)Nc2cccc(-n3cnnc3)c2)c1. The van der Waals surface area contributed by atoms with Gasteiger partial charge in [0.1, 0.15) is 12.7 Å². The van der Waals surface area contributed by atoms with E-state index in [0.717, 1.165) is 12.1 Å². The van der Waals surface area contributed by atoms with Gasteiger partial charge in [0.15, 0.2) is 0 Å². The summed E-state index contributed by atoms with van der Waals surface area (Å²) in [4.78, 5) is 24.7. The Bertz CT molecular complexity index is 984. The second-order valence-electron chi connectivity index (χ2n) is 6.76. The summed E-state index contributed by atoms with van der Waals surface area (Å²) in [6.45, 7) is 2.06. The van der Waals surface area contributed by atoms with E-state index < -0.39 is 0 Å². The Morgan fingerprint density at radius 3 is 2.37 bits per heavy atom. The van der Waals surface area contributed by atoms with E-state index in [1.54, 1.807) is 41.5 Å². The van der Waals surface area contributed by atoms with E-state index in [2.05, 4.69) is 27.8 Å². The molecule has 7 nitrogen and oxygen atoms in total. The van der Waals surface area contributed by atoms with E-state index in [9.17, 15) is 9.59 Å². The fourth-order valence-corrected chi connectivity index (χ4v) is 2.94. The first kappa shape index (κ1) is 17.0. The monoisotopic (exact) mass is 361 g/mol. The minimum Gasteiger partial charge on any atom is -0.326 e. The second-order valence-corrected chi connectivity index (χ2v) is 6.76. The van der Waals surface area contributed by atoms with Crippen LogP contribution in [0, 0.1) is 11.8 Å². The standard InChI is InChI=1S/C20H19N5O2/c1-13-8-18(13)20(27)24-15-5-2-4-14(9-15)19(26)23-16-6-3-7-17(10-16)25-11-21-22-12-25/h2-7,9-13,18H,8H2,1H3,(H,23,26)(H,24,27)/t13-,18+/m1/s1. The number of aromatic nitrogens is 3. The van der Waals surface area contributed by atoms with Crippen LogP contribution in [0.15, 0.2) is 61.2 Å².